The summed E-state index contributed by atoms with van der Waals surface area (Å²) in [5, 5.41) is 3.07. The lowest BCUT2D eigenvalue weighted by atomic mass is 9.92. The number of hydrogen-bond acceptors (Lipinski definition) is 2. The molecule has 2 aliphatic heterocycles. The van der Waals surface area contributed by atoms with Crippen molar-refractivity contribution >= 4 is 0 Å². The van der Waals surface area contributed by atoms with Crippen molar-refractivity contribution in [1.29, 1.82) is 0 Å². The van der Waals surface area contributed by atoms with E-state index in [1.54, 1.807) is 0 Å². The first-order valence-electron chi connectivity index (χ1n) is 5.44. The third-order valence-corrected chi connectivity index (χ3v) is 3.30. The van der Waals surface area contributed by atoms with E-state index in [-0.39, 0.29) is 0 Å². The van der Waals surface area contributed by atoms with Crippen LogP contribution in [0.5, 0.6) is 5.75 Å². The highest BCUT2D eigenvalue weighted by Gasteiger charge is 2.39. The lowest BCUT2D eigenvalue weighted by Crippen LogP contribution is -2.23. The summed E-state index contributed by atoms with van der Waals surface area (Å²) < 4.78 is 20.1. The molecule has 2 nitrogen and oxygen atoms in total. The Kier molecular flexibility index (Phi) is 1.96. The van der Waals surface area contributed by atoms with Gasteiger partial charge in [-0.2, -0.15) is 0 Å². The van der Waals surface area contributed by atoms with E-state index in [0.717, 1.165) is 29.8 Å². The molecule has 3 heteroatoms. The summed E-state index contributed by atoms with van der Waals surface area (Å²) in [6.07, 6.45) is 1.46. The zero-order chi connectivity index (χ0) is 10.3. The molecule has 2 aliphatic rings. The van der Waals surface area contributed by atoms with Gasteiger partial charge in [-0.25, -0.2) is 4.39 Å². The van der Waals surface area contributed by atoms with E-state index >= 15 is 0 Å². The summed E-state index contributed by atoms with van der Waals surface area (Å²) in [5.41, 5.74) is 0.661. The third-order valence-electron chi connectivity index (χ3n) is 3.30. The number of ether oxygens (including phenoxy) is 1. The van der Waals surface area contributed by atoms with Crippen molar-refractivity contribution in [2.75, 3.05) is 19.7 Å². The van der Waals surface area contributed by atoms with Gasteiger partial charge in [0.2, 0.25) is 0 Å². The molecule has 0 spiro atoms. The van der Waals surface area contributed by atoms with Gasteiger partial charge in [-0.15, -0.1) is 0 Å². The van der Waals surface area contributed by atoms with E-state index in [9.17, 15) is 4.39 Å². The number of nitrogens with one attached hydrogen (secondary N) is 1. The van der Waals surface area contributed by atoms with Crippen LogP contribution in [-0.4, -0.2) is 19.7 Å². The van der Waals surface area contributed by atoms with Crippen LogP contribution in [0.3, 0.4) is 0 Å². The summed E-state index contributed by atoms with van der Waals surface area (Å²) in [6.45, 7) is 1.85. The van der Waals surface area contributed by atoms with Gasteiger partial charge in [0.25, 0.3) is 0 Å². The van der Waals surface area contributed by atoms with Gasteiger partial charge in [-0.3, -0.25) is 0 Å². The fourth-order valence-electron chi connectivity index (χ4n) is 2.46. The first-order chi connectivity index (χ1) is 7.30. The molecule has 1 N–H and O–H groups in total. The number of benzene rings is 1. The minimum atomic E-state index is -1.23. The molecule has 1 unspecified atom stereocenters. The van der Waals surface area contributed by atoms with Crippen molar-refractivity contribution in [1.82, 2.24) is 5.32 Å². The van der Waals surface area contributed by atoms with Gasteiger partial charge < -0.3 is 10.1 Å². The van der Waals surface area contributed by atoms with Gasteiger partial charge in [-0.05, 0) is 18.5 Å². The van der Waals surface area contributed by atoms with Crippen molar-refractivity contribution in [2.45, 2.75) is 18.5 Å². The Balaban J connectivity index is 2.08. The quantitative estimate of drug-likeness (QED) is 0.758. The van der Waals surface area contributed by atoms with E-state index in [1.165, 1.54) is 0 Å². The first-order valence-corrected chi connectivity index (χ1v) is 5.44. The molecule has 1 fully saturated rings. The monoisotopic (exact) mass is 207 g/mol. The van der Waals surface area contributed by atoms with Crippen molar-refractivity contribution < 1.29 is 9.13 Å². The normalized spacial score (nSPS) is 28.9. The minimum absolute atomic E-state index is 0.410. The predicted octanol–water partition coefficient (Wildman–Crippen LogP) is 1.78. The largest absolute Gasteiger partial charge is 0.493 e. The maximum absolute atomic E-state index is 14.6. The molecule has 3 rings (SSSR count). The maximum atomic E-state index is 14.6. The lowest BCUT2D eigenvalue weighted by Gasteiger charge is -2.21. The van der Waals surface area contributed by atoms with Crippen LogP contribution >= 0.6 is 0 Å². The van der Waals surface area contributed by atoms with Gasteiger partial charge in [-0.1, -0.05) is 18.2 Å². The molecule has 80 valence electrons. The molecule has 0 bridgehead atoms. The summed E-state index contributed by atoms with van der Waals surface area (Å²) >= 11 is 0. The van der Waals surface area contributed by atoms with Crippen LogP contribution in [0, 0.1) is 0 Å². The molecular weight excluding hydrogens is 193 g/mol. The summed E-state index contributed by atoms with van der Waals surface area (Å²) in [4.78, 5) is 0. The SMILES string of the molecule is FC1(c2cccc3c2OCC3)CCNC1. The highest BCUT2D eigenvalue weighted by molar-refractivity contribution is 5.47. The van der Waals surface area contributed by atoms with Crippen LogP contribution < -0.4 is 10.1 Å². The Hall–Kier alpha value is -1.09. The highest BCUT2D eigenvalue weighted by Crippen LogP contribution is 2.41. The molecule has 0 aliphatic carbocycles. The molecule has 0 aromatic heterocycles. The number of halogens is 1. The smallest absolute Gasteiger partial charge is 0.153 e. The zero-order valence-corrected chi connectivity index (χ0v) is 8.55. The van der Waals surface area contributed by atoms with Crippen LogP contribution in [0.2, 0.25) is 0 Å². The fraction of sp³-hybridized carbons (Fsp3) is 0.500. The van der Waals surface area contributed by atoms with Crippen LogP contribution in [0.1, 0.15) is 17.5 Å². The van der Waals surface area contributed by atoms with E-state index < -0.39 is 5.67 Å². The average Bonchev–Trinajstić information content (AvgIpc) is 2.85. The number of fused-ring (bicyclic) bond motifs is 1. The number of hydrogen-bond donors (Lipinski definition) is 1. The predicted molar refractivity (Wildman–Crippen MR) is 55.9 cm³/mol. The Morgan fingerprint density at radius 1 is 1.40 bits per heavy atom. The summed E-state index contributed by atoms with van der Waals surface area (Å²) in [7, 11) is 0. The van der Waals surface area contributed by atoms with E-state index in [0.29, 0.717) is 19.6 Å². The fourth-order valence-corrected chi connectivity index (χ4v) is 2.46. The summed E-state index contributed by atoms with van der Waals surface area (Å²) in [5.74, 6) is 0.795. The van der Waals surface area contributed by atoms with E-state index in [2.05, 4.69) is 5.32 Å². The van der Waals surface area contributed by atoms with Crippen LogP contribution in [0.25, 0.3) is 0 Å². The number of alkyl halides is 1. The van der Waals surface area contributed by atoms with Gasteiger partial charge in [0, 0.05) is 18.5 Å². The van der Waals surface area contributed by atoms with E-state index in [1.807, 2.05) is 18.2 Å². The molecule has 0 saturated carbocycles. The van der Waals surface area contributed by atoms with Crippen LogP contribution in [0.4, 0.5) is 4.39 Å². The van der Waals surface area contributed by atoms with Gasteiger partial charge in [0.1, 0.15) is 5.75 Å². The van der Waals surface area contributed by atoms with Crippen LogP contribution in [0.15, 0.2) is 18.2 Å². The lowest BCUT2D eigenvalue weighted by molar-refractivity contribution is 0.186. The molecule has 1 aromatic rings. The first kappa shape index (κ1) is 9.16. The summed E-state index contributed by atoms with van der Waals surface area (Å²) in [6, 6.07) is 5.82. The molecule has 1 aromatic carbocycles. The van der Waals surface area contributed by atoms with Gasteiger partial charge in [0.15, 0.2) is 5.67 Å². The van der Waals surface area contributed by atoms with Crippen molar-refractivity contribution in [2.24, 2.45) is 0 Å². The molecule has 2 heterocycles. The van der Waals surface area contributed by atoms with E-state index in [4.69, 9.17) is 4.74 Å². The standard InChI is InChI=1S/C12H14FNO/c13-12(5-6-14-8-12)10-3-1-2-9-4-7-15-11(9)10/h1-3,14H,4-8H2. The number of rotatable bonds is 1. The Bertz CT molecular complexity index is 385. The van der Waals surface area contributed by atoms with Crippen molar-refractivity contribution in [3.05, 3.63) is 29.3 Å². The molecular formula is C12H14FNO. The molecule has 0 radical (unpaired) electrons. The Morgan fingerprint density at radius 3 is 3.13 bits per heavy atom. The second-order valence-electron chi connectivity index (χ2n) is 4.28. The number of para-hydroxylation sites is 1. The zero-order valence-electron chi connectivity index (χ0n) is 8.55. The molecule has 1 saturated heterocycles. The Morgan fingerprint density at radius 2 is 2.33 bits per heavy atom. The van der Waals surface area contributed by atoms with Crippen molar-refractivity contribution in [3.8, 4) is 5.75 Å². The minimum Gasteiger partial charge on any atom is -0.493 e. The van der Waals surface area contributed by atoms with Crippen LogP contribution in [-0.2, 0) is 12.1 Å². The van der Waals surface area contributed by atoms with Gasteiger partial charge >= 0.3 is 0 Å². The highest BCUT2D eigenvalue weighted by atomic mass is 19.1. The molecule has 1 atom stereocenters. The molecule has 15 heavy (non-hydrogen) atoms. The second-order valence-corrected chi connectivity index (χ2v) is 4.28. The van der Waals surface area contributed by atoms with Crippen molar-refractivity contribution in [3.63, 3.8) is 0 Å². The molecule has 0 amide bonds. The van der Waals surface area contributed by atoms with Gasteiger partial charge in [0.05, 0.1) is 6.61 Å². The average molecular weight is 207 g/mol. The Labute approximate surface area is 88.4 Å². The second kappa shape index (κ2) is 3.20. The maximum Gasteiger partial charge on any atom is 0.153 e. The third kappa shape index (κ3) is 1.34. The topological polar surface area (TPSA) is 21.3 Å².